The summed E-state index contributed by atoms with van der Waals surface area (Å²) in [5.41, 5.74) is 0.827. The Morgan fingerprint density at radius 2 is 2.38 bits per heavy atom. The summed E-state index contributed by atoms with van der Waals surface area (Å²) in [6.07, 6.45) is -0.345. The highest BCUT2D eigenvalue weighted by Crippen LogP contribution is 2.37. The van der Waals surface area contributed by atoms with Gasteiger partial charge in [0, 0.05) is 18.7 Å². The van der Waals surface area contributed by atoms with Crippen LogP contribution in [0.25, 0.3) is 0 Å². The van der Waals surface area contributed by atoms with Crippen molar-refractivity contribution < 1.29 is 14.2 Å². The number of rotatable bonds is 1. The van der Waals surface area contributed by atoms with Crippen LogP contribution in [0.4, 0.5) is 4.39 Å². The van der Waals surface area contributed by atoms with Crippen molar-refractivity contribution in [1.29, 1.82) is 0 Å². The van der Waals surface area contributed by atoms with Crippen LogP contribution in [0.5, 0.6) is 5.75 Å². The molecular weight excluding hydrogens is 233 g/mol. The van der Waals surface area contributed by atoms with Gasteiger partial charge in [-0.3, -0.25) is 0 Å². The van der Waals surface area contributed by atoms with Gasteiger partial charge in [-0.1, -0.05) is 11.6 Å². The van der Waals surface area contributed by atoms with Crippen LogP contribution < -0.4 is 5.32 Å². The van der Waals surface area contributed by atoms with Crippen LogP contribution in [0.15, 0.2) is 6.07 Å². The molecule has 0 amide bonds. The number of ether oxygens (including phenoxy) is 1. The van der Waals surface area contributed by atoms with Gasteiger partial charge in [0.1, 0.15) is 11.6 Å². The first-order valence-electron chi connectivity index (χ1n) is 5.11. The molecule has 2 N–H and O–H groups in total. The number of halogens is 2. The quantitative estimate of drug-likeness (QED) is 0.797. The minimum Gasteiger partial charge on any atom is -0.506 e. The minimum atomic E-state index is -0.424. The largest absolute Gasteiger partial charge is 0.506 e. The summed E-state index contributed by atoms with van der Waals surface area (Å²) < 4.78 is 19.0. The Morgan fingerprint density at radius 1 is 1.62 bits per heavy atom. The van der Waals surface area contributed by atoms with E-state index in [1.807, 2.05) is 0 Å². The lowest BCUT2D eigenvalue weighted by Gasteiger charge is -2.26. The van der Waals surface area contributed by atoms with Crippen LogP contribution in [0, 0.1) is 12.7 Å². The SMILES string of the molecule is Cc1c(F)cc(Cl)c(O)c1C1CNCCO1. The van der Waals surface area contributed by atoms with E-state index >= 15 is 0 Å². The summed E-state index contributed by atoms with van der Waals surface area (Å²) in [5, 5.41) is 13.0. The lowest BCUT2D eigenvalue weighted by atomic mass is 10.0. The predicted octanol–water partition coefficient (Wildman–Crippen LogP) is 2.15. The fourth-order valence-corrected chi connectivity index (χ4v) is 2.07. The highest BCUT2D eigenvalue weighted by atomic mass is 35.5. The molecule has 1 fully saturated rings. The molecule has 0 bridgehead atoms. The van der Waals surface area contributed by atoms with Crippen LogP contribution in [0.3, 0.4) is 0 Å². The summed E-state index contributed by atoms with van der Waals surface area (Å²) in [6.45, 7) is 3.46. The molecule has 1 unspecified atom stereocenters. The standard InChI is InChI=1S/C11H13ClFNO2/c1-6-8(13)4-7(12)11(15)10(6)9-5-14-2-3-16-9/h4,9,14-15H,2-3,5H2,1H3. The number of benzene rings is 1. The number of phenolic OH excluding ortho intramolecular Hbond substituents is 1. The van der Waals surface area contributed by atoms with E-state index in [0.29, 0.717) is 24.3 Å². The molecule has 1 saturated heterocycles. The lowest BCUT2D eigenvalue weighted by Crippen LogP contribution is -2.33. The molecular formula is C11H13ClFNO2. The van der Waals surface area contributed by atoms with Crippen LogP contribution in [0.2, 0.25) is 5.02 Å². The van der Waals surface area contributed by atoms with E-state index in [1.165, 1.54) is 0 Å². The van der Waals surface area contributed by atoms with Gasteiger partial charge in [-0.15, -0.1) is 0 Å². The van der Waals surface area contributed by atoms with Crippen molar-refractivity contribution in [3.63, 3.8) is 0 Å². The van der Waals surface area contributed by atoms with Gasteiger partial charge >= 0.3 is 0 Å². The normalized spacial score (nSPS) is 21.1. The van der Waals surface area contributed by atoms with Gasteiger partial charge in [0.25, 0.3) is 0 Å². The molecule has 0 saturated carbocycles. The maximum absolute atomic E-state index is 13.5. The van der Waals surface area contributed by atoms with E-state index in [-0.39, 0.29) is 16.9 Å². The summed E-state index contributed by atoms with van der Waals surface area (Å²) >= 11 is 5.74. The third-order valence-corrected chi connectivity index (χ3v) is 3.03. The second-order valence-electron chi connectivity index (χ2n) is 3.79. The zero-order valence-electron chi connectivity index (χ0n) is 8.89. The maximum atomic E-state index is 13.5. The van der Waals surface area contributed by atoms with Crippen LogP contribution >= 0.6 is 11.6 Å². The Bertz CT molecular complexity index is 379. The fraction of sp³-hybridized carbons (Fsp3) is 0.455. The Hall–Kier alpha value is -0.840. The maximum Gasteiger partial charge on any atom is 0.140 e. The molecule has 1 aliphatic rings. The molecule has 1 aromatic carbocycles. The Balaban J connectivity index is 2.45. The van der Waals surface area contributed by atoms with E-state index in [9.17, 15) is 9.50 Å². The Labute approximate surface area is 98.2 Å². The Kier molecular flexibility index (Phi) is 3.33. The van der Waals surface area contributed by atoms with E-state index < -0.39 is 5.82 Å². The first kappa shape index (κ1) is 11.6. The Morgan fingerprint density at radius 3 is 3.00 bits per heavy atom. The fourth-order valence-electron chi connectivity index (χ4n) is 1.87. The van der Waals surface area contributed by atoms with Crippen molar-refractivity contribution in [2.24, 2.45) is 0 Å². The molecule has 5 heteroatoms. The van der Waals surface area contributed by atoms with Crippen LogP contribution in [-0.4, -0.2) is 24.8 Å². The number of phenols is 1. The molecule has 16 heavy (non-hydrogen) atoms. The smallest absolute Gasteiger partial charge is 0.140 e. The summed E-state index contributed by atoms with van der Waals surface area (Å²) in [4.78, 5) is 0. The second kappa shape index (κ2) is 4.57. The monoisotopic (exact) mass is 245 g/mol. The van der Waals surface area contributed by atoms with Gasteiger partial charge in [-0.2, -0.15) is 0 Å². The number of nitrogens with one attached hydrogen (secondary N) is 1. The number of aromatic hydroxyl groups is 1. The third kappa shape index (κ3) is 2.00. The van der Waals surface area contributed by atoms with Crippen molar-refractivity contribution in [2.45, 2.75) is 13.0 Å². The molecule has 1 atom stereocenters. The average molecular weight is 246 g/mol. The molecule has 0 radical (unpaired) electrons. The minimum absolute atomic E-state index is 0.0206. The van der Waals surface area contributed by atoms with E-state index in [2.05, 4.69) is 5.32 Å². The first-order chi connectivity index (χ1) is 7.61. The van der Waals surface area contributed by atoms with Gasteiger partial charge in [0.2, 0.25) is 0 Å². The van der Waals surface area contributed by atoms with Gasteiger partial charge < -0.3 is 15.2 Å². The molecule has 1 aliphatic heterocycles. The second-order valence-corrected chi connectivity index (χ2v) is 4.20. The summed E-state index contributed by atoms with van der Waals surface area (Å²) in [6, 6.07) is 1.12. The highest BCUT2D eigenvalue weighted by molar-refractivity contribution is 6.32. The van der Waals surface area contributed by atoms with E-state index in [1.54, 1.807) is 6.92 Å². The van der Waals surface area contributed by atoms with E-state index in [0.717, 1.165) is 12.6 Å². The van der Waals surface area contributed by atoms with Crippen molar-refractivity contribution in [3.8, 4) is 5.75 Å². The zero-order valence-corrected chi connectivity index (χ0v) is 9.64. The van der Waals surface area contributed by atoms with E-state index in [4.69, 9.17) is 16.3 Å². The van der Waals surface area contributed by atoms with Crippen LogP contribution in [-0.2, 0) is 4.74 Å². The predicted molar refractivity (Wildman–Crippen MR) is 59.4 cm³/mol. The first-order valence-corrected chi connectivity index (χ1v) is 5.49. The van der Waals surface area contributed by atoms with Gasteiger partial charge in [0.05, 0.1) is 17.7 Å². The van der Waals surface area contributed by atoms with Crippen molar-refractivity contribution in [1.82, 2.24) is 5.32 Å². The molecule has 0 aromatic heterocycles. The van der Waals surface area contributed by atoms with Crippen molar-refractivity contribution >= 4 is 11.6 Å². The summed E-state index contributed by atoms with van der Waals surface area (Å²) in [5.74, 6) is -0.513. The number of morpholine rings is 1. The zero-order chi connectivity index (χ0) is 11.7. The summed E-state index contributed by atoms with van der Waals surface area (Å²) in [7, 11) is 0. The van der Waals surface area contributed by atoms with Crippen molar-refractivity contribution in [3.05, 3.63) is 28.0 Å². The topological polar surface area (TPSA) is 41.5 Å². The molecule has 88 valence electrons. The van der Waals surface area contributed by atoms with Gasteiger partial charge in [-0.05, 0) is 18.6 Å². The van der Waals surface area contributed by atoms with Gasteiger partial charge in [0.15, 0.2) is 0 Å². The van der Waals surface area contributed by atoms with Gasteiger partial charge in [-0.25, -0.2) is 4.39 Å². The molecule has 0 aliphatic carbocycles. The van der Waals surface area contributed by atoms with Crippen LogP contribution in [0.1, 0.15) is 17.2 Å². The lowest BCUT2D eigenvalue weighted by molar-refractivity contribution is 0.0257. The number of hydrogen-bond acceptors (Lipinski definition) is 3. The number of hydrogen-bond donors (Lipinski definition) is 2. The molecule has 1 aromatic rings. The molecule has 2 rings (SSSR count). The van der Waals surface area contributed by atoms with Crippen molar-refractivity contribution in [2.75, 3.05) is 19.7 Å². The molecule has 0 spiro atoms. The third-order valence-electron chi connectivity index (χ3n) is 2.75. The molecule has 3 nitrogen and oxygen atoms in total. The highest BCUT2D eigenvalue weighted by Gasteiger charge is 2.24. The molecule has 1 heterocycles. The average Bonchev–Trinajstić information content (AvgIpc) is 2.28.